The SMILES string of the molecule is C/C=N\N1CCCCCC1. The Morgan fingerprint density at radius 3 is 2.20 bits per heavy atom. The fourth-order valence-electron chi connectivity index (χ4n) is 1.33. The summed E-state index contributed by atoms with van der Waals surface area (Å²) < 4.78 is 0. The summed E-state index contributed by atoms with van der Waals surface area (Å²) in [6, 6.07) is 0. The second kappa shape index (κ2) is 4.31. The Hall–Kier alpha value is -0.530. The van der Waals surface area contributed by atoms with Crippen LogP contribution in [0, 0.1) is 0 Å². The van der Waals surface area contributed by atoms with Gasteiger partial charge in [0.25, 0.3) is 0 Å². The molecule has 1 heterocycles. The quantitative estimate of drug-likeness (QED) is 0.508. The minimum absolute atomic E-state index is 1.16. The smallest absolute Gasteiger partial charge is 0.0360 e. The van der Waals surface area contributed by atoms with Crippen LogP contribution >= 0.6 is 0 Å². The molecule has 58 valence electrons. The van der Waals surface area contributed by atoms with Crippen LogP contribution in [0.15, 0.2) is 5.10 Å². The van der Waals surface area contributed by atoms with Crippen molar-refractivity contribution in [1.29, 1.82) is 0 Å². The van der Waals surface area contributed by atoms with Gasteiger partial charge in [0.2, 0.25) is 0 Å². The van der Waals surface area contributed by atoms with E-state index in [0.717, 1.165) is 13.1 Å². The van der Waals surface area contributed by atoms with Gasteiger partial charge >= 0.3 is 0 Å². The number of hydrazone groups is 1. The molecule has 10 heavy (non-hydrogen) atoms. The summed E-state index contributed by atoms with van der Waals surface area (Å²) in [5.41, 5.74) is 0. The van der Waals surface area contributed by atoms with E-state index in [2.05, 4.69) is 10.1 Å². The molecule has 0 aromatic heterocycles. The molecule has 0 unspecified atom stereocenters. The second-order valence-electron chi connectivity index (χ2n) is 2.74. The fraction of sp³-hybridized carbons (Fsp3) is 0.875. The van der Waals surface area contributed by atoms with E-state index in [1.807, 2.05) is 13.1 Å². The molecule has 1 fully saturated rings. The van der Waals surface area contributed by atoms with Crippen molar-refractivity contribution in [2.75, 3.05) is 13.1 Å². The maximum Gasteiger partial charge on any atom is 0.0360 e. The van der Waals surface area contributed by atoms with Gasteiger partial charge in [-0.05, 0) is 19.8 Å². The Morgan fingerprint density at radius 1 is 1.10 bits per heavy atom. The Bertz CT molecular complexity index is 102. The lowest BCUT2D eigenvalue weighted by molar-refractivity contribution is 0.302. The van der Waals surface area contributed by atoms with Gasteiger partial charge in [-0.25, -0.2) is 0 Å². The molecule has 1 rings (SSSR count). The normalized spacial score (nSPS) is 21.5. The van der Waals surface area contributed by atoms with Gasteiger partial charge in [-0.3, -0.25) is 5.01 Å². The van der Waals surface area contributed by atoms with Crippen LogP contribution in [0.3, 0.4) is 0 Å². The molecule has 0 bridgehead atoms. The molecule has 0 radical (unpaired) electrons. The monoisotopic (exact) mass is 140 g/mol. The lowest BCUT2D eigenvalue weighted by atomic mass is 10.2. The molecular formula is C8H16N2. The van der Waals surface area contributed by atoms with Crippen molar-refractivity contribution >= 4 is 6.21 Å². The molecule has 2 heteroatoms. The van der Waals surface area contributed by atoms with E-state index in [-0.39, 0.29) is 0 Å². The van der Waals surface area contributed by atoms with Crippen LogP contribution in [0.1, 0.15) is 32.6 Å². The van der Waals surface area contributed by atoms with Crippen molar-refractivity contribution in [3.05, 3.63) is 0 Å². The molecule has 2 nitrogen and oxygen atoms in total. The zero-order valence-electron chi connectivity index (χ0n) is 6.71. The van der Waals surface area contributed by atoms with Gasteiger partial charge in [-0.1, -0.05) is 12.8 Å². The first kappa shape index (κ1) is 7.58. The summed E-state index contributed by atoms with van der Waals surface area (Å²) in [6.07, 6.45) is 7.28. The highest BCUT2D eigenvalue weighted by Gasteiger charge is 2.03. The van der Waals surface area contributed by atoms with Gasteiger partial charge in [-0.15, -0.1) is 0 Å². The summed E-state index contributed by atoms with van der Waals surface area (Å²) >= 11 is 0. The van der Waals surface area contributed by atoms with Gasteiger partial charge in [0.15, 0.2) is 0 Å². The predicted octanol–water partition coefficient (Wildman–Crippen LogP) is 1.87. The zero-order chi connectivity index (χ0) is 7.23. The van der Waals surface area contributed by atoms with E-state index >= 15 is 0 Å². The Balaban J connectivity index is 2.28. The van der Waals surface area contributed by atoms with Crippen LogP contribution in [0.5, 0.6) is 0 Å². The van der Waals surface area contributed by atoms with Crippen LogP contribution in [0.25, 0.3) is 0 Å². The Morgan fingerprint density at radius 2 is 1.70 bits per heavy atom. The second-order valence-corrected chi connectivity index (χ2v) is 2.74. The van der Waals surface area contributed by atoms with Crippen LogP contribution in [0.2, 0.25) is 0 Å². The van der Waals surface area contributed by atoms with Crippen molar-refractivity contribution in [3.8, 4) is 0 Å². The number of nitrogens with zero attached hydrogens (tertiary/aromatic N) is 2. The van der Waals surface area contributed by atoms with E-state index in [1.165, 1.54) is 25.7 Å². The van der Waals surface area contributed by atoms with Crippen molar-refractivity contribution in [2.45, 2.75) is 32.6 Å². The highest BCUT2D eigenvalue weighted by molar-refractivity contribution is 5.52. The van der Waals surface area contributed by atoms with Gasteiger partial charge < -0.3 is 0 Å². The molecule has 1 saturated heterocycles. The first-order valence-electron chi connectivity index (χ1n) is 4.17. The summed E-state index contributed by atoms with van der Waals surface area (Å²) in [7, 11) is 0. The van der Waals surface area contributed by atoms with Crippen molar-refractivity contribution in [2.24, 2.45) is 5.10 Å². The molecule has 0 aromatic rings. The molecule has 0 spiro atoms. The third-order valence-corrected chi connectivity index (χ3v) is 1.86. The molecule has 0 atom stereocenters. The highest BCUT2D eigenvalue weighted by Crippen LogP contribution is 2.08. The van der Waals surface area contributed by atoms with Crippen molar-refractivity contribution in [1.82, 2.24) is 5.01 Å². The Kier molecular flexibility index (Phi) is 3.27. The van der Waals surface area contributed by atoms with E-state index in [4.69, 9.17) is 0 Å². The average Bonchev–Trinajstić information content (AvgIpc) is 2.17. The first-order valence-corrected chi connectivity index (χ1v) is 4.17. The molecule has 0 amide bonds. The van der Waals surface area contributed by atoms with Crippen LogP contribution in [-0.4, -0.2) is 24.3 Å². The minimum Gasteiger partial charge on any atom is -0.297 e. The van der Waals surface area contributed by atoms with Crippen LogP contribution < -0.4 is 0 Å². The van der Waals surface area contributed by atoms with Gasteiger partial charge in [0.05, 0.1) is 0 Å². The molecule has 0 aromatic carbocycles. The zero-order valence-corrected chi connectivity index (χ0v) is 6.71. The third kappa shape index (κ3) is 2.38. The maximum atomic E-state index is 4.25. The number of hydrogen-bond acceptors (Lipinski definition) is 2. The lowest BCUT2D eigenvalue weighted by Crippen LogP contribution is -2.17. The largest absolute Gasteiger partial charge is 0.297 e. The number of hydrogen-bond donors (Lipinski definition) is 0. The van der Waals surface area contributed by atoms with E-state index in [9.17, 15) is 0 Å². The van der Waals surface area contributed by atoms with Gasteiger partial charge in [-0.2, -0.15) is 5.10 Å². The lowest BCUT2D eigenvalue weighted by Gasteiger charge is -2.14. The molecule has 1 aliphatic heterocycles. The van der Waals surface area contributed by atoms with E-state index in [1.54, 1.807) is 0 Å². The average molecular weight is 140 g/mol. The van der Waals surface area contributed by atoms with Crippen LogP contribution in [0.4, 0.5) is 0 Å². The third-order valence-electron chi connectivity index (χ3n) is 1.86. The maximum absolute atomic E-state index is 4.25. The molecule has 0 saturated carbocycles. The summed E-state index contributed by atoms with van der Waals surface area (Å²) in [6.45, 7) is 4.29. The first-order chi connectivity index (χ1) is 4.93. The van der Waals surface area contributed by atoms with E-state index in [0.29, 0.717) is 0 Å². The van der Waals surface area contributed by atoms with Gasteiger partial charge in [0.1, 0.15) is 0 Å². The Labute approximate surface area is 62.9 Å². The summed E-state index contributed by atoms with van der Waals surface area (Å²) in [5, 5.41) is 6.43. The standard InChI is InChI=1S/C8H16N2/c1-2-9-10-7-5-3-4-6-8-10/h2H,3-8H2,1H3/b9-2-. The fourth-order valence-corrected chi connectivity index (χ4v) is 1.33. The van der Waals surface area contributed by atoms with E-state index < -0.39 is 0 Å². The molecule has 0 N–H and O–H groups in total. The predicted molar refractivity (Wildman–Crippen MR) is 44.2 cm³/mol. The molecular weight excluding hydrogens is 124 g/mol. The summed E-state index contributed by atoms with van der Waals surface area (Å²) in [5.74, 6) is 0. The summed E-state index contributed by atoms with van der Waals surface area (Å²) in [4.78, 5) is 0. The van der Waals surface area contributed by atoms with Crippen molar-refractivity contribution in [3.63, 3.8) is 0 Å². The van der Waals surface area contributed by atoms with Crippen LogP contribution in [-0.2, 0) is 0 Å². The molecule has 0 aliphatic carbocycles. The van der Waals surface area contributed by atoms with Crippen molar-refractivity contribution < 1.29 is 0 Å². The van der Waals surface area contributed by atoms with Gasteiger partial charge in [0, 0.05) is 19.3 Å². The highest BCUT2D eigenvalue weighted by atomic mass is 15.4. The number of rotatable bonds is 1. The topological polar surface area (TPSA) is 15.6 Å². The minimum atomic E-state index is 1.16. The molecule has 1 aliphatic rings.